The molecular formula is C16H16N2O3S. The van der Waals surface area contributed by atoms with Crippen LogP contribution in [0, 0.1) is 0 Å². The third kappa shape index (κ3) is 5.57. The fourth-order valence-electron chi connectivity index (χ4n) is 1.80. The number of hydrogen-bond acceptors (Lipinski definition) is 4. The summed E-state index contributed by atoms with van der Waals surface area (Å²) in [5.74, 6) is -0.989. The van der Waals surface area contributed by atoms with Crippen molar-refractivity contribution in [1.82, 2.24) is 4.98 Å². The number of carboxylic acids is 1. The maximum absolute atomic E-state index is 11.9. The minimum Gasteiger partial charge on any atom is -0.481 e. The topological polar surface area (TPSA) is 79.3 Å². The fraction of sp³-hybridized carbons (Fsp3) is 0.188. The van der Waals surface area contributed by atoms with Gasteiger partial charge in [0.05, 0.1) is 22.7 Å². The van der Waals surface area contributed by atoms with E-state index in [0.717, 1.165) is 17.3 Å². The van der Waals surface area contributed by atoms with E-state index < -0.39 is 5.97 Å². The third-order valence-corrected chi connectivity index (χ3v) is 3.78. The van der Waals surface area contributed by atoms with E-state index in [1.807, 2.05) is 30.3 Å². The lowest BCUT2D eigenvalue weighted by Gasteiger charge is -2.06. The van der Waals surface area contributed by atoms with Crippen LogP contribution in [0.2, 0.25) is 0 Å². The molecule has 114 valence electrons. The van der Waals surface area contributed by atoms with E-state index in [4.69, 9.17) is 5.11 Å². The quantitative estimate of drug-likeness (QED) is 0.768. The zero-order valence-electron chi connectivity index (χ0n) is 11.9. The van der Waals surface area contributed by atoms with Gasteiger partial charge in [0.2, 0.25) is 5.91 Å². The molecule has 0 aliphatic heterocycles. The van der Waals surface area contributed by atoms with Crippen LogP contribution in [0.25, 0.3) is 0 Å². The lowest BCUT2D eigenvalue weighted by atomic mass is 10.1. The third-order valence-electron chi connectivity index (χ3n) is 2.85. The van der Waals surface area contributed by atoms with E-state index in [9.17, 15) is 9.59 Å². The van der Waals surface area contributed by atoms with Crippen LogP contribution in [0.1, 0.15) is 12.0 Å². The first-order valence-electron chi connectivity index (χ1n) is 6.78. The number of carbonyl (C=O) groups excluding carboxylic acids is 1. The van der Waals surface area contributed by atoms with Crippen molar-refractivity contribution in [1.29, 1.82) is 0 Å². The van der Waals surface area contributed by atoms with Crippen molar-refractivity contribution in [3.8, 4) is 0 Å². The number of aliphatic carboxylic acids is 1. The van der Waals surface area contributed by atoms with Crippen LogP contribution in [-0.2, 0) is 16.0 Å². The number of rotatable bonds is 7. The maximum Gasteiger partial charge on any atom is 0.313 e. The molecule has 1 heterocycles. The Hall–Kier alpha value is -2.34. The Morgan fingerprint density at radius 2 is 1.91 bits per heavy atom. The minimum absolute atomic E-state index is 0.0320. The average molecular weight is 316 g/mol. The van der Waals surface area contributed by atoms with Gasteiger partial charge in [0.25, 0.3) is 0 Å². The lowest BCUT2D eigenvalue weighted by molar-refractivity contribution is -0.133. The predicted molar refractivity (Wildman–Crippen MR) is 86.0 cm³/mol. The van der Waals surface area contributed by atoms with Crippen LogP contribution in [0.15, 0.2) is 53.7 Å². The van der Waals surface area contributed by atoms with Gasteiger partial charge < -0.3 is 10.4 Å². The highest BCUT2D eigenvalue weighted by Crippen LogP contribution is 2.17. The molecule has 0 spiro atoms. The summed E-state index contributed by atoms with van der Waals surface area (Å²) in [6.07, 6.45) is 2.62. The molecule has 2 N–H and O–H groups in total. The smallest absolute Gasteiger partial charge is 0.313 e. The Morgan fingerprint density at radius 3 is 2.55 bits per heavy atom. The van der Waals surface area contributed by atoms with Crippen LogP contribution in [0.5, 0.6) is 0 Å². The molecule has 0 unspecified atom stereocenters. The van der Waals surface area contributed by atoms with Crippen molar-refractivity contribution >= 4 is 29.3 Å². The SMILES string of the molecule is O=C(O)CSc1ccc(NC(=O)CCc2ccccc2)cn1. The summed E-state index contributed by atoms with van der Waals surface area (Å²) in [6.45, 7) is 0. The van der Waals surface area contributed by atoms with Gasteiger partial charge in [0.15, 0.2) is 0 Å². The Labute approximate surface area is 132 Å². The highest BCUT2D eigenvalue weighted by molar-refractivity contribution is 7.99. The number of anilines is 1. The Bertz CT molecular complexity index is 630. The molecule has 0 saturated heterocycles. The summed E-state index contributed by atoms with van der Waals surface area (Å²) in [5.41, 5.74) is 1.73. The molecule has 22 heavy (non-hydrogen) atoms. The molecule has 1 aromatic heterocycles. The Morgan fingerprint density at radius 1 is 1.14 bits per heavy atom. The molecule has 0 radical (unpaired) electrons. The van der Waals surface area contributed by atoms with Gasteiger partial charge in [-0.15, -0.1) is 0 Å². The van der Waals surface area contributed by atoms with Crippen LogP contribution in [0.3, 0.4) is 0 Å². The van der Waals surface area contributed by atoms with Gasteiger partial charge >= 0.3 is 5.97 Å². The van der Waals surface area contributed by atoms with E-state index >= 15 is 0 Å². The van der Waals surface area contributed by atoms with Crippen LogP contribution in [-0.4, -0.2) is 27.7 Å². The number of aryl methyl sites for hydroxylation is 1. The molecule has 0 atom stereocenters. The van der Waals surface area contributed by atoms with Crippen LogP contribution in [0.4, 0.5) is 5.69 Å². The minimum atomic E-state index is -0.884. The molecule has 6 heteroatoms. The number of carboxylic acid groups (broad SMARTS) is 1. The largest absolute Gasteiger partial charge is 0.481 e. The van der Waals surface area contributed by atoms with Crippen molar-refractivity contribution < 1.29 is 14.7 Å². The number of nitrogens with one attached hydrogen (secondary N) is 1. The van der Waals surface area contributed by atoms with Crippen molar-refractivity contribution in [2.75, 3.05) is 11.1 Å². The van der Waals surface area contributed by atoms with Gasteiger partial charge in [-0.05, 0) is 24.1 Å². The number of benzene rings is 1. The van der Waals surface area contributed by atoms with E-state index in [-0.39, 0.29) is 11.7 Å². The Balaban J connectivity index is 1.80. The number of hydrogen-bond donors (Lipinski definition) is 2. The van der Waals surface area contributed by atoms with Gasteiger partial charge in [-0.1, -0.05) is 42.1 Å². The molecule has 2 rings (SSSR count). The van der Waals surface area contributed by atoms with Crippen molar-refractivity contribution in [3.05, 3.63) is 54.2 Å². The lowest BCUT2D eigenvalue weighted by Crippen LogP contribution is -2.12. The fourth-order valence-corrected chi connectivity index (χ4v) is 2.36. The zero-order valence-corrected chi connectivity index (χ0v) is 12.7. The summed E-state index contributed by atoms with van der Waals surface area (Å²) < 4.78 is 0. The summed E-state index contributed by atoms with van der Waals surface area (Å²) in [6, 6.07) is 13.2. The van der Waals surface area contributed by atoms with Gasteiger partial charge in [0, 0.05) is 6.42 Å². The standard InChI is InChI=1S/C16H16N2O3S/c19-14(8-6-12-4-2-1-3-5-12)18-13-7-9-15(17-10-13)22-11-16(20)21/h1-5,7,9-10H,6,8,11H2,(H,18,19)(H,20,21). The number of pyridine rings is 1. The Kier molecular flexibility index (Phi) is 5.97. The molecule has 0 aliphatic carbocycles. The second-order valence-electron chi connectivity index (χ2n) is 4.60. The molecule has 5 nitrogen and oxygen atoms in total. The molecule has 0 bridgehead atoms. The summed E-state index contributed by atoms with van der Waals surface area (Å²) >= 11 is 1.14. The molecule has 1 aromatic carbocycles. The van der Waals surface area contributed by atoms with E-state index in [1.54, 1.807) is 12.1 Å². The average Bonchev–Trinajstić information content (AvgIpc) is 2.53. The van der Waals surface area contributed by atoms with E-state index in [0.29, 0.717) is 23.6 Å². The van der Waals surface area contributed by atoms with Gasteiger partial charge in [0.1, 0.15) is 0 Å². The van der Waals surface area contributed by atoms with Crippen molar-refractivity contribution in [2.24, 2.45) is 0 Å². The van der Waals surface area contributed by atoms with Crippen molar-refractivity contribution in [3.63, 3.8) is 0 Å². The first-order valence-corrected chi connectivity index (χ1v) is 7.76. The highest BCUT2D eigenvalue weighted by atomic mass is 32.2. The molecule has 0 fully saturated rings. The maximum atomic E-state index is 11.9. The summed E-state index contributed by atoms with van der Waals surface area (Å²) in [4.78, 5) is 26.4. The van der Waals surface area contributed by atoms with Crippen molar-refractivity contribution in [2.45, 2.75) is 17.9 Å². The second-order valence-corrected chi connectivity index (χ2v) is 5.60. The van der Waals surface area contributed by atoms with Gasteiger partial charge in [-0.3, -0.25) is 9.59 Å². The first kappa shape index (κ1) is 16.0. The number of nitrogens with zero attached hydrogens (tertiary/aromatic N) is 1. The molecule has 0 saturated carbocycles. The molecule has 0 aliphatic rings. The van der Waals surface area contributed by atoms with Gasteiger partial charge in [-0.2, -0.15) is 0 Å². The van der Waals surface area contributed by atoms with Gasteiger partial charge in [-0.25, -0.2) is 4.98 Å². The molecular weight excluding hydrogens is 300 g/mol. The second kappa shape index (κ2) is 8.19. The number of aromatic nitrogens is 1. The highest BCUT2D eigenvalue weighted by Gasteiger charge is 2.05. The van der Waals surface area contributed by atoms with E-state index in [2.05, 4.69) is 10.3 Å². The number of thioether (sulfide) groups is 1. The first-order chi connectivity index (χ1) is 10.6. The van der Waals surface area contributed by atoms with E-state index in [1.165, 1.54) is 6.20 Å². The normalized spacial score (nSPS) is 10.2. The molecule has 2 aromatic rings. The predicted octanol–water partition coefficient (Wildman–Crippen LogP) is 2.83. The zero-order chi connectivity index (χ0) is 15.8. The van der Waals surface area contributed by atoms with Crippen LogP contribution >= 0.6 is 11.8 Å². The number of amides is 1. The van der Waals surface area contributed by atoms with Crippen LogP contribution < -0.4 is 5.32 Å². The number of carbonyl (C=O) groups is 2. The monoisotopic (exact) mass is 316 g/mol. The summed E-state index contributed by atoms with van der Waals surface area (Å²) in [5, 5.41) is 12.0. The summed E-state index contributed by atoms with van der Waals surface area (Å²) in [7, 11) is 0. The molecule has 1 amide bonds.